The number of carboxylic acids is 1. The van der Waals surface area contributed by atoms with Crippen molar-refractivity contribution >= 4 is 42.2 Å². The lowest BCUT2D eigenvalue weighted by Crippen LogP contribution is -2.58. The minimum Gasteiger partial charge on any atom is -0.508 e. The Labute approximate surface area is 235 Å². The first-order valence-corrected chi connectivity index (χ1v) is 12.9. The van der Waals surface area contributed by atoms with Gasteiger partial charge in [-0.1, -0.05) is 24.3 Å². The Morgan fingerprint density at radius 3 is 1.65 bits per heavy atom. The van der Waals surface area contributed by atoms with Crippen molar-refractivity contribution in [2.24, 2.45) is 11.5 Å². The molecule has 0 aliphatic carbocycles. The number of nitrogens with one attached hydrogen (secondary N) is 3. The summed E-state index contributed by atoms with van der Waals surface area (Å²) in [4.78, 5) is 61.9. The van der Waals surface area contributed by atoms with Gasteiger partial charge in [0.2, 0.25) is 23.6 Å². The van der Waals surface area contributed by atoms with Crippen LogP contribution in [0.15, 0.2) is 48.5 Å². The predicted molar refractivity (Wildman–Crippen MR) is 147 cm³/mol. The highest BCUT2D eigenvalue weighted by Gasteiger charge is 2.30. The van der Waals surface area contributed by atoms with Crippen LogP contribution >= 0.6 is 12.6 Å². The third kappa shape index (κ3) is 10.5. The van der Waals surface area contributed by atoms with Gasteiger partial charge in [0.15, 0.2) is 0 Å². The Hall–Kier alpha value is -4.30. The molecular formula is C26H33N5O8S. The van der Waals surface area contributed by atoms with Crippen LogP contribution in [-0.4, -0.2) is 74.8 Å². The average Bonchev–Trinajstić information content (AvgIpc) is 2.90. The Balaban J connectivity index is 2.22. The fraction of sp³-hybridized carbons (Fsp3) is 0.346. The summed E-state index contributed by atoms with van der Waals surface area (Å²) in [6.45, 7) is 0. The first kappa shape index (κ1) is 31.9. The molecule has 0 aliphatic heterocycles. The van der Waals surface area contributed by atoms with Crippen LogP contribution in [0.5, 0.6) is 11.5 Å². The number of amides is 4. The number of primary amides is 1. The number of thiol groups is 1. The van der Waals surface area contributed by atoms with Gasteiger partial charge in [0.1, 0.15) is 29.6 Å². The molecule has 4 atom stereocenters. The lowest BCUT2D eigenvalue weighted by atomic mass is 10.0. The van der Waals surface area contributed by atoms with Gasteiger partial charge in [-0.05, 0) is 48.2 Å². The Morgan fingerprint density at radius 2 is 1.18 bits per heavy atom. The van der Waals surface area contributed by atoms with Crippen molar-refractivity contribution in [3.05, 3.63) is 59.7 Å². The third-order valence-corrected chi connectivity index (χ3v) is 6.21. The van der Waals surface area contributed by atoms with Crippen LogP contribution in [0.25, 0.3) is 0 Å². The maximum Gasteiger partial charge on any atom is 0.327 e. The molecule has 0 saturated heterocycles. The SMILES string of the molecule is NC(=O)CCC(NC(=O)C(N)Cc1ccc(O)cc1)C(=O)NC(Cc1ccc(O)cc1)C(=O)NC(CS)C(=O)O. The molecule has 4 unspecified atom stereocenters. The summed E-state index contributed by atoms with van der Waals surface area (Å²) < 4.78 is 0. The minimum absolute atomic E-state index is 0.0207. The van der Waals surface area contributed by atoms with Crippen LogP contribution in [0.4, 0.5) is 0 Å². The van der Waals surface area contributed by atoms with Gasteiger partial charge < -0.3 is 42.7 Å². The van der Waals surface area contributed by atoms with E-state index in [0.717, 1.165) is 0 Å². The average molecular weight is 576 g/mol. The molecule has 0 fully saturated rings. The van der Waals surface area contributed by atoms with E-state index in [1.54, 1.807) is 12.1 Å². The molecule has 2 rings (SSSR count). The van der Waals surface area contributed by atoms with Crippen LogP contribution in [-0.2, 0) is 36.8 Å². The summed E-state index contributed by atoms with van der Waals surface area (Å²) in [5.74, 6) is -4.61. The first-order chi connectivity index (χ1) is 18.9. The van der Waals surface area contributed by atoms with Gasteiger partial charge >= 0.3 is 5.97 Å². The van der Waals surface area contributed by atoms with Crippen molar-refractivity contribution in [3.8, 4) is 11.5 Å². The highest BCUT2D eigenvalue weighted by atomic mass is 32.1. The molecule has 0 saturated carbocycles. The number of aromatic hydroxyl groups is 2. The second-order valence-electron chi connectivity index (χ2n) is 9.06. The van der Waals surface area contributed by atoms with Crippen molar-refractivity contribution < 1.29 is 39.3 Å². The molecule has 14 heteroatoms. The number of rotatable bonds is 15. The van der Waals surface area contributed by atoms with Crippen molar-refractivity contribution in [3.63, 3.8) is 0 Å². The number of aliphatic carboxylic acids is 1. The van der Waals surface area contributed by atoms with Crippen LogP contribution in [0.2, 0.25) is 0 Å². The number of phenols is 2. The lowest BCUT2D eigenvalue weighted by Gasteiger charge is -2.25. The second-order valence-corrected chi connectivity index (χ2v) is 9.42. The quantitative estimate of drug-likeness (QED) is 0.118. The number of carboxylic acid groups (broad SMARTS) is 1. The summed E-state index contributed by atoms with van der Waals surface area (Å²) in [6.07, 6.45) is -0.460. The second kappa shape index (κ2) is 15.3. The fourth-order valence-corrected chi connectivity index (χ4v) is 3.87. The number of hydrogen-bond acceptors (Lipinski definition) is 9. The highest BCUT2D eigenvalue weighted by Crippen LogP contribution is 2.13. The van der Waals surface area contributed by atoms with Crippen molar-refractivity contribution in [1.82, 2.24) is 16.0 Å². The van der Waals surface area contributed by atoms with E-state index in [2.05, 4.69) is 28.6 Å². The number of phenolic OH excluding ortho intramolecular Hbond substituents is 2. The van der Waals surface area contributed by atoms with Gasteiger partial charge in [-0.3, -0.25) is 19.2 Å². The zero-order chi connectivity index (χ0) is 29.8. The van der Waals surface area contributed by atoms with Crippen LogP contribution in [0.1, 0.15) is 24.0 Å². The maximum absolute atomic E-state index is 13.3. The molecule has 216 valence electrons. The van der Waals surface area contributed by atoms with Crippen LogP contribution < -0.4 is 27.4 Å². The van der Waals surface area contributed by atoms with E-state index in [9.17, 15) is 39.3 Å². The molecule has 2 aromatic rings. The van der Waals surface area contributed by atoms with Gasteiger partial charge in [-0.25, -0.2) is 4.79 Å². The van der Waals surface area contributed by atoms with E-state index in [-0.39, 0.29) is 42.9 Å². The molecule has 13 nitrogen and oxygen atoms in total. The normalized spacial score (nSPS) is 13.8. The molecule has 10 N–H and O–H groups in total. The summed E-state index contributed by atoms with van der Waals surface area (Å²) in [5.41, 5.74) is 12.4. The van der Waals surface area contributed by atoms with E-state index in [4.69, 9.17) is 11.5 Å². The molecule has 0 heterocycles. The molecule has 0 aliphatic rings. The first-order valence-electron chi connectivity index (χ1n) is 12.2. The summed E-state index contributed by atoms with van der Waals surface area (Å²) in [7, 11) is 0. The smallest absolute Gasteiger partial charge is 0.327 e. The highest BCUT2D eigenvalue weighted by molar-refractivity contribution is 7.80. The third-order valence-electron chi connectivity index (χ3n) is 5.85. The number of carbonyl (C=O) groups is 5. The monoisotopic (exact) mass is 575 g/mol. The topological polar surface area (TPSA) is 234 Å². The molecular weight excluding hydrogens is 542 g/mol. The zero-order valence-corrected chi connectivity index (χ0v) is 22.3. The number of nitrogens with two attached hydrogens (primary N) is 2. The molecule has 0 aromatic heterocycles. The summed E-state index contributed by atoms with van der Waals surface area (Å²) in [5, 5.41) is 35.6. The fourth-order valence-electron chi connectivity index (χ4n) is 3.62. The molecule has 0 spiro atoms. The largest absolute Gasteiger partial charge is 0.508 e. The maximum atomic E-state index is 13.3. The van der Waals surface area contributed by atoms with E-state index in [0.29, 0.717) is 11.1 Å². The summed E-state index contributed by atoms with van der Waals surface area (Å²) in [6, 6.07) is 6.82. The summed E-state index contributed by atoms with van der Waals surface area (Å²) >= 11 is 3.93. The number of hydrogen-bond donors (Lipinski definition) is 9. The molecule has 0 radical (unpaired) electrons. The minimum atomic E-state index is -1.33. The van der Waals surface area contributed by atoms with E-state index >= 15 is 0 Å². The van der Waals surface area contributed by atoms with Gasteiger partial charge in [-0.15, -0.1) is 0 Å². The van der Waals surface area contributed by atoms with Gasteiger partial charge in [-0.2, -0.15) is 12.6 Å². The van der Waals surface area contributed by atoms with E-state index in [1.807, 2.05) is 0 Å². The van der Waals surface area contributed by atoms with Crippen molar-refractivity contribution in [2.75, 3.05) is 5.75 Å². The van der Waals surface area contributed by atoms with Crippen LogP contribution in [0, 0.1) is 0 Å². The Kier molecular flexibility index (Phi) is 12.2. The predicted octanol–water partition coefficient (Wildman–Crippen LogP) is -1.06. The van der Waals surface area contributed by atoms with Crippen molar-refractivity contribution in [1.29, 1.82) is 0 Å². The van der Waals surface area contributed by atoms with E-state index in [1.165, 1.54) is 36.4 Å². The molecule has 0 bridgehead atoms. The zero-order valence-electron chi connectivity index (χ0n) is 21.4. The van der Waals surface area contributed by atoms with Crippen LogP contribution in [0.3, 0.4) is 0 Å². The molecule has 40 heavy (non-hydrogen) atoms. The van der Waals surface area contributed by atoms with Gasteiger partial charge in [0.25, 0.3) is 0 Å². The van der Waals surface area contributed by atoms with E-state index < -0.39 is 53.8 Å². The van der Waals surface area contributed by atoms with Gasteiger partial charge in [0, 0.05) is 18.6 Å². The molecule has 2 aromatic carbocycles. The Bertz CT molecular complexity index is 1190. The Morgan fingerprint density at radius 1 is 0.725 bits per heavy atom. The number of benzene rings is 2. The van der Waals surface area contributed by atoms with Gasteiger partial charge in [0.05, 0.1) is 6.04 Å². The van der Waals surface area contributed by atoms with Crippen molar-refractivity contribution in [2.45, 2.75) is 49.9 Å². The number of carbonyl (C=O) groups excluding carboxylic acids is 4. The molecule has 4 amide bonds. The lowest BCUT2D eigenvalue weighted by molar-refractivity contribution is -0.141. The standard InChI is InChI=1S/C26H33N5O8S/c27-18(11-14-1-5-16(32)6-2-14)23(35)29-19(9-10-22(28)34)24(36)30-20(12-15-3-7-17(33)8-4-15)25(37)31-21(13-40)26(38)39/h1-8,18-21,32-33,40H,9-13,27H2,(H2,28,34)(H,29,35)(H,30,36)(H,31,37)(H,38,39).